The number of aliphatic hydroxyl groups is 1. The summed E-state index contributed by atoms with van der Waals surface area (Å²) in [5, 5.41) is 11.9. The van der Waals surface area contributed by atoms with E-state index in [1.165, 1.54) is 18.4 Å². The number of fused-ring (bicyclic) bond motifs is 5. The Hall–Kier alpha value is -1.16. The van der Waals surface area contributed by atoms with Crippen molar-refractivity contribution in [2.75, 3.05) is 6.61 Å². The van der Waals surface area contributed by atoms with Crippen LogP contribution >= 0.6 is 0 Å². The van der Waals surface area contributed by atoms with Crippen LogP contribution in [0.5, 0.6) is 0 Å². The minimum Gasteiger partial charge on any atom is -0.466 e. The summed E-state index contributed by atoms with van der Waals surface area (Å²) in [6, 6.07) is 0. The van der Waals surface area contributed by atoms with Crippen molar-refractivity contribution in [3.8, 4) is 0 Å². The van der Waals surface area contributed by atoms with Gasteiger partial charge in [-0.15, -0.1) is 0 Å². The molecule has 0 bridgehead atoms. The Labute approximate surface area is 181 Å². The van der Waals surface area contributed by atoms with Gasteiger partial charge in [0.1, 0.15) is 0 Å². The van der Waals surface area contributed by atoms with Crippen molar-refractivity contribution < 1.29 is 19.4 Å². The lowest BCUT2D eigenvalue weighted by atomic mass is 9.45. The number of rotatable bonds is 6. The molecule has 0 aromatic heterocycles. The maximum atomic E-state index is 12.0. The molecule has 30 heavy (non-hydrogen) atoms. The van der Waals surface area contributed by atoms with Crippen LogP contribution in [0.4, 0.5) is 0 Å². The first kappa shape index (κ1) is 22.0. The van der Waals surface area contributed by atoms with E-state index in [9.17, 15) is 14.7 Å². The minimum absolute atomic E-state index is 0.00496. The predicted octanol–water partition coefficient (Wildman–Crippen LogP) is 5.37. The van der Waals surface area contributed by atoms with Gasteiger partial charge >= 0.3 is 5.97 Å². The molecule has 6 atom stereocenters. The number of esters is 1. The maximum Gasteiger partial charge on any atom is 0.305 e. The number of hydrogen-bond donors (Lipinski definition) is 1. The van der Waals surface area contributed by atoms with Crippen molar-refractivity contribution in [2.24, 2.45) is 28.6 Å². The van der Waals surface area contributed by atoms with Gasteiger partial charge < -0.3 is 9.84 Å². The van der Waals surface area contributed by atoms with E-state index >= 15 is 0 Å². The highest BCUT2D eigenvalue weighted by Crippen LogP contribution is 2.69. The van der Waals surface area contributed by atoms with Gasteiger partial charge in [-0.25, -0.2) is 0 Å². The van der Waals surface area contributed by atoms with Crippen LogP contribution in [0.2, 0.25) is 0 Å². The summed E-state index contributed by atoms with van der Waals surface area (Å²) in [6.45, 7) is 6.93. The molecule has 0 radical (unpaired) electrons. The maximum absolute atomic E-state index is 12.0. The van der Waals surface area contributed by atoms with Crippen molar-refractivity contribution in [2.45, 2.75) is 103 Å². The zero-order valence-electron chi connectivity index (χ0n) is 19.2. The van der Waals surface area contributed by atoms with E-state index < -0.39 is 5.60 Å². The number of carbonyl (C=O) groups is 2. The van der Waals surface area contributed by atoms with E-state index in [0.717, 1.165) is 51.4 Å². The molecular formula is C26H40O4. The predicted molar refractivity (Wildman–Crippen MR) is 117 cm³/mol. The van der Waals surface area contributed by atoms with Crippen LogP contribution in [-0.4, -0.2) is 29.1 Å². The summed E-state index contributed by atoms with van der Waals surface area (Å²) >= 11 is 0. The highest BCUT2D eigenvalue weighted by atomic mass is 16.5. The fraction of sp³-hybridized carbons (Fsp3) is 0.846. The molecule has 0 amide bonds. The summed E-state index contributed by atoms with van der Waals surface area (Å²) < 4.78 is 5.28. The fourth-order valence-electron chi connectivity index (χ4n) is 8.28. The second kappa shape index (κ2) is 8.07. The van der Waals surface area contributed by atoms with Crippen LogP contribution in [0.1, 0.15) is 97.8 Å². The van der Waals surface area contributed by atoms with Gasteiger partial charge in [-0.05, 0) is 93.5 Å². The summed E-state index contributed by atoms with van der Waals surface area (Å²) in [7, 11) is 0. The monoisotopic (exact) mass is 416 g/mol. The third-order valence-corrected chi connectivity index (χ3v) is 9.88. The lowest BCUT2D eigenvalue weighted by Gasteiger charge is -2.60. The van der Waals surface area contributed by atoms with E-state index in [-0.39, 0.29) is 16.8 Å². The van der Waals surface area contributed by atoms with Crippen LogP contribution in [0.15, 0.2) is 11.6 Å². The number of ether oxygens (including phenoxy) is 1. The Morgan fingerprint density at radius 1 is 1.13 bits per heavy atom. The average Bonchev–Trinajstić information content (AvgIpc) is 3.04. The van der Waals surface area contributed by atoms with Gasteiger partial charge in [0.15, 0.2) is 5.78 Å². The Bertz CT molecular complexity index is 727. The van der Waals surface area contributed by atoms with Crippen LogP contribution < -0.4 is 0 Å². The third kappa shape index (κ3) is 3.29. The summed E-state index contributed by atoms with van der Waals surface area (Å²) in [5.41, 5.74) is 0.974. The van der Waals surface area contributed by atoms with Gasteiger partial charge in [0.05, 0.1) is 12.2 Å². The Balaban J connectivity index is 1.52. The molecule has 4 nitrogen and oxygen atoms in total. The van der Waals surface area contributed by atoms with Crippen LogP contribution in [0.3, 0.4) is 0 Å². The lowest BCUT2D eigenvalue weighted by molar-refractivity contribution is -0.150. The second-order valence-electron chi connectivity index (χ2n) is 10.8. The van der Waals surface area contributed by atoms with Gasteiger partial charge in [-0.1, -0.05) is 26.3 Å². The molecule has 0 spiro atoms. The molecule has 168 valence electrons. The molecule has 3 saturated carbocycles. The first-order valence-electron chi connectivity index (χ1n) is 12.4. The largest absolute Gasteiger partial charge is 0.466 e. The standard InChI is InChI=1S/C26H40O4/c1-4-23(28)30-16-6-12-26(29)15-11-22-20-8-7-18-17-19(27)9-13-24(18,3)21(20)10-14-25(22,26)5-2/h17,20-22,29H,4-16H2,1-3H3/t20-,21-,22+,24+,25+,26?/m1/s1. The van der Waals surface area contributed by atoms with Crippen molar-refractivity contribution in [3.63, 3.8) is 0 Å². The first-order chi connectivity index (χ1) is 14.3. The van der Waals surface area contributed by atoms with Gasteiger partial charge in [0.25, 0.3) is 0 Å². The average molecular weight is 417 g/mol. The van der Waals surface area contributed by atoms with Crippen molar-refractivity contribution in [1.82, 2.24) is 0 Å². The molecule has 0 heterocycles. The number of ketones is 1. The molecule has 3 fully saturated rings. The first-order valence-corrected chi connectivity index (χ1v) is 12.4. The molecule has 4 aliphatic rings. The van der Waals surface area contributed by atoms with Crippen molar-refractivity contribution >= 4 is 11.8 Å². The number of hydrogen-bond acceptors (Lipinski definition) is 4. The highest BCUT2D eigenvalue weighted by molar-refractivity contribution is 5.91. The Morgan fingerprint density at radius 2 is 1.90 bits per heavy atom. The molecule has 4 aliphatic carbocycles. The molecule has 0 aromatic rings. The van der Waals surface area contributed by atoms with Crippen molar-refractivity contribution in [3.05, 3.63) is 11.6 Å². The molecule has 4 rings (SSSR count). The van der Waals surface area contributed by atoms with Gasteiger partial charge in [0.2, 0.25) is 0 Å². The molecule has 1 N–H and O–H groups in total. The Morgan fingerprint density at radius 3 is 2.63 bits per heavy atom. The van der Waals surface area contributed by atoms with Gasteiger partial charge in [-0.2, -0.15) is 0 Å². The fourth-order valence-corrected chi connectivity index (χ4v) is 8.28. The second-order valence-corrected chi connectivity index (χ2v) is 10.8. The molecule has 0 aliphatic heterocycles. The Kier molecular flexibility index (Phi) is 5.93. The zero-order chi connectivity index (χ0) is 21.6. The normalized spacial score (nSPS) is 42.7. The lowest BCUT2D eigenvalue weighted by Crippen LogP contribution is -2.55. The number of allylic oxidation sites excluding steroid dienone is 1. The van der Waals surface area contributed by atoms with E-state index in [1.54, 1.807) is 0 Å². The van der Waals surface area contributed by atoms with E-state index in [2.05, 4.69) is 13.8 Å². The zero-order valence-corrected chi connectivity index (χ0v) is 19.2. The summed E-state index contributed by atoms with van der Waals surface area (Å²) in [4.78, 5) is 23.5. The number of carbonyl (C=O) groups excluding carboxylic acids is 2. The summed E-state index contributed by atoms with van der Waals surface area (Å²) in [6.07, 6.45) is 13.1. The highest BCUT2D eigenvalue weighted by Gasteiger charge is 2.64. The quantitative estimate of drug-likeness (QED) is 0.467. The van der Waals surface area contributed by atoms with Crippen LogP contribution in [0, 0.1) is 28.6 Å². The molecular weight excluding hydrogens is 376 g/mol. The minimum atomic E-state index is -0.629. The topological polar surface area (TPSA) is 63.6 Å². The van der Waals surface area contributed by atoms with Crippen LogP contribution in [-0.2, 0) is 14.3 Å². The van der Waals surface area contributed by atoms with Gasteiger partial charge in [-0.3, -0.25) is 9.59 Å². The molecule has 0 aromatic carbocycles. The van der Waals surface area contributed by atoms with Crippen LogP contribution in [0.25, 0.3) is 0 Å². The summed E-state index contributed by atoms with van der Waals surface area (Å²) in [5.74, 6) is 2.07. The third-order valence-electron chi connectivity index (χ3n) is 9.88. The van der Waals surface area contributed by atoms with E-state index in [1.807, 2.05) is 13.0 Å². The molecule has 4 heteroatoms. The van der Waals surface area contributed by atoms with Gasteiger partial charge in [0, 0.05) is 18.3 Å². The molecule has 1 unspecified atom stereocenters. The molecule has 0 saturated heterocycles. The SMILES string of the molecule is CCC(=O)OCCCC1(O)CC[C@H]2[C@@H]3CCC4=CC(=O)CC[C@]4(C)[C@@H]3CC[C@@]21CC. The van der Waals surface area contributed by atoms with E-state index in [4.69, 9.17) is 4.74 Å². The van der Waals surface area contributed by atoms with E-state index in [0.29, 0.717) is 43.0 Å². The van der Waals surface area contributed by atoms with Crippen molar-refractivity contribution in [1.29, 1.82) is 0 Å². The smallest absolute Gasteiger partial charge is 0.305 e.